The lowest BCUT2D eigenvalue weighted by atomic mass is 10.0. The Balaban J connectivity index is 1.56. The van der Waals surface area contributed by atoms with E-state index in [4.69, 9.17) is 0 Å². The molecule has 3 aliphatic rings. The Kier molecular flexibility index (Phi) is 5.84. The van der Waals surface area contributed by atoms with Crippen molar-refractivity contribution in [2.24, 2.45) is 10.9 Å². The lowest BCUT2D eigenvalue weighted by Gasteiger charge is -2.24. The molecule has 0 spiro atoms. The van der Waals surface area contributed by atoms with Crippen LogP contribution < -0.4 is 4.90 Å². The van der Waals surface area contributed by atoms with E-state index >= 15 is 0 Å². The number of ketones is 1. The first-order chi connectivity index (χ1) is 13.8. The molecule has 1 aromatic carbocycles. The van der Waals surface area contributed by atoms with Gasteiger partial charge in [0.15, 0.2) is 20.8 Å². The highest BCUT2D eigenvalue weighted by molar-refractivity contribution is 8.16. The van der Waals surface area contributed by atoms with Crippen molar-refractivity contribution in [1.82, 2.24) is 0 Å². The third kappa shape index (κ3) is 4.58. The Morgan fingerprint density at radius 3 is 2.48 bits per heavy atom. The highest BCUT2D eigenvalue weighted by Crippen LogP contribution is 2.41. The number of thioether (sulfide) groups is 1. The molecule has 0 aromatic heterocycles. The Hall–Kier alpha value is -1.67. The summed E-state index contributed by atoms with van der Waals surface area (Å²) in [6.07, 6.45) is 6.24. The van der Waals surface area contributed by atoms with Crippen molar-refractivity contribution in [2.45, 2.75) is 56.7 Å². The van der Waals surface area contributed by atoms with Crippen molar-refractivity contribution in [3.8, 4) is 0 Å². The van der Waals surface area contributed by atoms with Crippen LogP contribution in [0.5, 0.6) is 0 Å². The second-order valence-electron chi connectivity index (χ2n) is 8.25. The molecule has 2 saturated heterocycles. The smallest absolute Gasteiger partial charge is 0.248 e. The van der Waals surface area contributed by atoms with Crippen molar-refractivity contribution in [3.05, 3.63) is 29.8 Å². The van der Waals surface area contributed by atoms with Gasteiger partial charge in [0.1, 0.15) is 0 Å². The van der Waals surface area contributed by atoms with Crippen LogP contribution in [0.3, 0.4) is 0 Å². The Labute approximate surface area is 176 Å². The number of Topliss-reactive ketones (excluding diaryl/α,β-unsaturated/α-hetero) is 1. The molecule has 4 rings (SSSR count). The van der Waals surface area contributed by atoms with Crippen molar-refractivity contribution in [3.63, 3.8) is 0 Å². The predicted octanol–water partition coefficient (Wildman–Crippen LogP) is 3.46. The Morgan fingerprint density at radius 1 is 1.14 bits per heavy atom. The lowest BCUT2D eigenvalue weighted by Crippen LogP contribution is -2.37. The molecule has 6 nitrogen and oxygen atoms in total. The van der Waals surface area contributed by atoms with Gasteiger partial charge in [-0.3, -0.25) is 9.59 Å². The molecule has 1 saturated carbocycles. The van der Waals surface area contributed by atoms with Gasteiger partial charge in [0.25, 0.3) is 0 Å². The summed E-state index contributed by atoms with van der Waals surface area (Å²) in [5.41, 5.74) is 1.37. The van der Waals surface area contributed by atoms with Crippen LogP contribution in [0.15, 0.2) is 29.3 Å². The summed E-state index contributed by atoms with van der Waals surface area (Å²) >= 11 is 1.39. The number of anilines is 1. The van der Waals surface area contributed by atoms with Gasteiger partial charge >= 0.3 is 0 Å². The zero-order valence-electron chi connectivity index (χ0n) is 16.5. The minimum Gasteiger partial charge on any atom is -0.316 e. The van der Waals surface area contributed by atoms with Gasteiger partial charge in [-0.1, -0.05) is 37.4 Å². The first-order valence-electron chi connectivity index (χ1n) is 10.2. The zero-order chi connectivity index (χ0) is 20.6. The van der Waals surface area contributed by atoms with Crippen LogP contribution in [0, 0.1) is 5.92 Å². The number of amidine groups is 1. The monoisotopic (exact) mass is 434 g/mol. The number of nitrogens with zero attached hydrogens (tertiary/aromatic N) is 2. The number of carbonyl (C=O) groups excluding carboxylic acids is 2. The molecule has 1 amide bonds. The summed E-state index contributed by atoms with van der Waals surface area (Å²) in [4.78, 5) is 30.4. The summed E-state index contributed by atoms with van der Waals surface area (Å²) in [7, 11) is -3.10. The van der Waals surface area contributed by atoms with E-state index in [9.17, 15) is 18.0 Å². The summed E-state index contributed by atoms with van der Waals surface area (Å²) in [5.74, 6) is 0.654. The van der Waals surface area contributed by atoms with Crippen LogP contribution in [0.1, 0.15) is 55.8 Å². The quantitative estimate of drug-likeness (QED) is 0.660. The third-order valence-electron chi connectivity index (χ3n) is 6.08. The average molecular weight is 435 g/mol. The maximum Gasteiger partial charge on any atom is 0.248 e. The van der Waals surface area contributed by atoms with Crippen molar-refractivity contribution >= 4 is 44.1 Å². The van der Waals surface area contributed by atoms with Crippen molar-refractivity contribution < 1.29 is 18.0 Å². The van der Waals surface area contributed by atoms with Crippen LogP contribution in [0.2, 0.25) is 0 Å². The van der Waals surface area contributed by atoms with Gasteiger partial charge in [0, 0.05) is 22.9 Å². The molecule has 2 atom stereocenters. The van der Waals surface area contributed by atoms with E-state index in [0.717, 1.165) is 12.1 Å². The van der Waals surface area contributed by atoms with Gasteiger partial charge < -0.3 is 4.90 Å². The molecule has 156 valence electrons. The molecule has 29 heavy (non-hydrogen) atoms. The Morgan fingerprint density at radius 2 is 1.83 bits per heavy atom. The number of amides is 1. The highest BCUT2D eigenvalue weighted by Gasteiger charge is 2.49. The van der Waals surface area contributed by atoms with Crippen LogP contribution in [0.25, 0.3) is 0 Å². The predicted molar refractivity (Wildman–Crippen MR) is 116 cm³/mol. The number of aliphatic imine (C=N–C) groups is 1. The number of carbonyl (C=O) groups is 2. The fourth-order valence-electron chi connectivity index (χ4n) is 4.51. The number of sulfone groups is 1. The standard InChI is InChI=1S/C21H26N2O4S2/c1-14(24)16-7-9-17(10-8-16)23-18-12-29(26,27)13-19(18)28-21(23)22-20(25)11-6-15-4-2-3-5-15/h7-10,15,18-19H,2-6,11-13H2,1H3. The summed E-state index contributed by atoms with van der Waals surface area (Å²) in [6.45, 7) is 1.51. The van der Waals surface area contributed by atoms with E-state index in [1.807, 2.05) is 17.0 Å². The first kappa shape index (κ1) is 20.6. The molecule has 0 radical (unpaired) electrons. The van der Waals surface area contributed by atoms with E-state index in [2.05, 4.69) is 4.99 Å². The van der Waals surface area contributed by atoms with Crippen molar-refractivity contribution in [1.29, 1.82) is 0 Å². The number of rotatable bonds is 5. The van der Waals surface area contributed by atoms with Gasteiger partial charge in [-0.05, 0) is 43.5 Å². The van der Waals surface area contributed by atoms with Gasteiger partial charge in [0.05, 0.1) is 17.5 Å². The second-order valence-corrected chi connectivity index (χ2v) is 11.6. The summed E-state index contributed by atoms with van der Waals surface area (Å²) in [5, 5.41) is 0.468. The van der Waals surface area contributed by atoms with Gasteiger partial charge in [-0.15, -0.1) is 0 Å². The summed E-state index contributed by atoms with van der Waals surface area (Å²) in [6, 6.07) is 6.86. The lowest BCUT2D eigenvalue weighted by molar-refractivity contribution is -0.118. The second kappa shape index (κ2) is 8.22. The van der Waals surface area contributed by atoms with E-state index < -0.39 is 9.84 Å². The molecule has 1 aromatic rings. The number of benzene rings is 1. The first-order valence-corrected chi connectivity index (χ1v) is 12.9. The fourth-order valence-corrected chi connectivity index (χ4v) is 8.44. The van der Waals surface area contributed by atoms with Gasteiger partial charge in [-0.2, -0.15) is 4.99 Å². The van der Waals surface area contributed by atoms with Crippen LogP contribution in [-0.2, 0) is 14.6 Å². The normalized spacial score (nSPS) is 27.5. The Bertz CT molecular complexity index is 934. The molecule has 8 heteroatoms. The fraction of sp³-hybridized carbons (Fsp3) is 0.571. The minimum atomic E-state index is -3.10. The zero-order valence-corrected chi connectivity index (χ0v) is 18.2. The topological polar surface area (TPSA) is 83.9 Å². The van der Waals surface area contributed by atoms with E-state index in [-0.39, 0.29) is 34.5 Å². The maximum atomic E-state index is 12.5. The van der Waals surface area contributed by atoms with Gasteiger partial charge in [-0.25, -0.2) is 8.42 Å². The summed E-state index contributed by atoms with van der Waals surface area (Å²) < 4.78 is 24.3. The molecular formula is C21H26N2O4S2. The molecular weight excluding hydrogens is 408 g/mol. The van der Waals surface area contributed by atoms with E-state index in [0.29, 0.717) is 23.1 Å². The van der Waals surface area contributed by atoms with E-state index in [1.54, 1.807) is 12.1 Å². The molecule has 3 fully saturated rings. The SMILES string of the molecule is CC(=O)c1ccc(N2C(=NC(=O)CCC3CCCC3)SC3CS(=O)(=O)CC32)cc1. The van der Waals surface area contributed by atoms with Crippen molar-refractivity contribution in [2.75, 3.05) is 16.4 Å². The number of hydrogen-bond donors (Lipinski definition) is 0. The molecule has 0 bridgehead atoms. The molecule has 2 heterocycles. The molecule has 2 unspecified atom stereocenters. The van der Waals surface area contributed by atoms with Crippen LogP contribution >= 0.6 is 11.8 Å². The maximum absolute atomic E-state index is 12.5. The minimum absolute atomic E-state index is 0.0235. The molecule has 1 aliphatic carbocycles. The largest absolute Gasteiger partial charge is 0.316 e. The highest BCUT2D eigenvalue weighted by atomic mass is 32.2. The third-order valence-corrected chi connectivity index (χ3v) is 9.29. The average Bonchev–Trinajstić information content (AvgIpc) is 3.34. The van der Waals surface area contributed by atoms with Crippen LogP contribution in [0.4, 0.5) is 5.69 Å². The van der Waals surface area contributed by atoms with Gasteiger partial charge in [0.2, 0.25) is 5.91 Å². The molecule has 0 N–H and O–H groups in total. The molecule has 2 aliphatic heterocycles. The number of hydrogen-bond acceptors (Lipinski definition) is 5. The number of fused-ring (bicyclic) bond motifs is 1. The van der Waals surface area contributed by atoms with Crippen LogP contribution in [-0.4, -0.2) is 48.1 Å². The van der Waals surface area contributed by atoms with E-state index in [1.165, 1.54) is 44.4 Å².